The lowest BCUT2D eigenvalue weighted by atomic mass is 10.2. The molecule has 1 aliphatic heterocycles. The molecule has 0 bridgehead atoms. The molecule has 26 heavy (non-hydrogen) atoms. The van der Waals surface area contributed by atoms with Crippen LogP contribution < -0.4 is 25.8 Å². The Morgan fingerprint density at radius 1 is 1.27 bits per heavy atom. The number of fused-ring (bicyclic) bond motifs is 1. The first-order valence-electron chi connectivity index (χ1n) is 7.96. The third-order valence-electron chi connectivity index (χ3n) is 3.83. The van der Waals surface area contributed by atoms with Crippen molar-refractivity contribution in [2.45, 2.75) is 13.5 Å². The normalized spacial score (nSPS) is 12.4. The molecule has 0 radical (unpaired) electrons. The Morgan fingerprint density at radius 3 is 2.85 bits per heavy atom. The van der Waals surface area contributed by atoms with Crippen LogP contribution in [0.15, 0.2) is 48.2 Å². The Morgan fingerprint density at radius 2 is 2.08 bits per heavy atom. The number of hydrogen-bond donors (Lipinski definition) is 3. The predicted molar refractivity (Wildman–Crippen MR) is 97.3 cm³/mol. The number of nitrogens with one attached hydrogen (secondary N) is 2. The fraction of sp³-hybridized carbons (Fsp3) is 0.158. The van der Waals surface area contributed by atoms with Crippen LogP contribution in [0, 0.1) is 18.3 Å². The second kappa shape index (κ2) is 7.49. The molecule has 0 unspecified atom stereocenters. The number of nitrogens with zero attached hydrogens (tertiary/aromatic N) is 1. The molecule has 1 heterocycles. The van der Waals surface area contributed by atoms with E-state index in [1.807, 2.05) is 31.2 Å². The molecule has 3 rings (SSSR count). The number of aryl methyl sites for hydroxylation is 1. The summed E-state index contributed by atoms with van der Waals surface area (Å²) in [7, 11) is 0. The van der Waals surface area contributed by atoms with Gasteiger partial charge in [-0.2, -0.15) is 5.26 Å². The number of nitrogen functional groups attached to an aromatic ring is 1. The molecule has 7 heteroatoms. The summed E-state index contributed by atoms with van der Waals surface area (Å²) in [4.78, 5) is 12.2. The molecule has 132 valence electrons. The van der Waals surface area contributed by atoms with Crippen LogP contribution in [0.3, 0.4) is 0 Å². The summed E-state index contributed by atoms with van der Waals surface area (Å²) >= 11 is 0. The molecular formula is C19H18N4O3. The second-order valence-electron chi connectivity index (χ2n) is 5.78. The average molecular weight is 350 g/mol. The molecule has 2 aromatic carbocycles. The third-order valence-corrected chi connectivity index (χ3v) is 3.83. The predicted octanol–water partition coefficient (Wildman–Crippen LogP) is 2.44. The Kier molecular flexibility index (Phi) is 4.94. The van der Waals surface area contributed by atoms with E-state index >= 15 is 0 Å². The summed E-state index contributed by atoms with van der Waals surface area (Å²) in [6.07, 6.45) is 1.34. The maximum Gasteiger partial charge on any atom is 0.263 e. The number of nitriles is 1. The lowest BCUT2D eigenvalue weighted by molar-refractivity contribution is -0.117. The minimum Gasteiger partial charge on any atom is -0.454 e. The topological polar surface area (TPSA) is 109 Å². The maximum atomic E-state index is 12.2. The van der Waals surface area contributed by atoms with Crippen LogP contribution in [0.2, 0.25) is 0 Å². The van der Waals surface area contributed by atoms with Gasteiger partial charge in [0.25, 0.3) is 5.91 Å². The van der Waals surface area contributed by atoms with Gasteiger partial charge in [0.1, 0.15) is 11.6 Å². The first-order valence-corrected chi connectivity index (χ1v) is 7.96. The van der Waals surface area contributed by atoms with Crippen LogP contribution in [0.25, 0.3) is 0 Å². The zero-order chi connectivity index (χ0) is 18.5. The molecule has 4 N–H and O–H groups in total. The number of hydrogen-bond acceptors (Lipinski definition) is 6. The maximum absolute atomic E-state index is 12.2. The third kappa shape index (κ3) is 3.87. The van der Waals surface area contributed by atoms with E-state index in [1.54, 1.807) is 18.2 Å². The van der Waals surface area contributed by atoms with Crippen LogP contribution >= 0.6 is 0 Å². The van der Waals surface area contributed by atoms with Gasteiger partial charge in [0, 0.05) is 12.7 Å². The van der Waals surface area contributed by atoms with Crippen LogP contribution in [-0.2, 0) is 11.3 Å². The number of carbonyl (C=O) groups excluding carboxylic acids is 1. The Hall–Kier alpha value is -3.66. The fourth-order valence-corrected chi connectivity index (χ4v) is 2.44. The van der Waals surface area contributed by atoms with Gasteiger partial charge in [-0.1, -0.05) is 12.1 Å². The van der Waals surface area contributed by atoms with E-state index in [0.717, 1.165) is 11.1 Å². The molecule has 2 aromatic rings. The van der Waals surface area contributed by atoms with E-state index in [-0.39, 0.29) is 18.9 Å². The van der Waals surface area contributed by atoms with Gasteiger partial charge in [-0.25, -0.2) is 0 Å². The molecule has 0 saturated carbocycles. The van der Waals surface area contributed by atoms with Gasteiger partial charge in [0.2, 0.25) is 6.79 Å². The highest BCUT2D eigenvalue weighted by Gasteiger charge is 2.14. The van der Waals surface area contributed by atoms with Gasteiger partial charge in [-0.3, -0.25) is 4.79 Å². The van der Waals surface area contributed by atoms with Crippen molar-refractivity contribution >= 4 is 17.3 Å². The molecule has 7 nitrogen and oxygen atoms in total. The molecule has 0 aliphatic carbocycles. The molecule has 0 saturated heterocycles. The van der Waals surface area contributed by atoms with Crippen molar-refractivity contribution in [1.82, 2.24) is 5.32 Å². The largest absolute Gasteiger partial charge is 0.454 e. The summed E-state index contributed by atoms with van der Waals surface area (Å²) in [5, 5.41) is 14.8. The molecular weight excluding hydrogens is 332 g/mol. The smallest absolute Gasteiger partial charge is 0.263 e. The number of anilines is 2. The van der Waals surface area contributed by atoms with Crippen molar-refractivity contribution in [3.8, 4) is 17.6 Å². The van der Waals surface area contributed by atoms with E-state index in [1.165, 1.54) is 6.20 Å². The molecule has 0 atom stereocenters. The van der Waals surface area contributed by atoms with Crippen molar-refractivity contribution < 1.29 is 14.3 Å². The van der Waals surface area contributed by atoms with Gasteiger partial charge >= 0.3 is 0 Å². The van der Waals surface area contributed by atoms with Gasteiger partial charge in [-0.15, -0.1) is 0 Å². The number of carbonyl (C=O) groups is 1. The first kappa shape index (κ1) is 17.2. The molecule has 0 fully saturated rings. The minimum absolute atomic E-state index is 0.0503. The highest BCUT2D eigenvalue weighted by molar-refractivity contribution is 5.97. The van der Waals surface area contributed by atoms with Gasteiger partial charge in [0.15, 0.2) is 11.5 Å². The molecule has 1 amide bonds. The van der Waals surface area contributed by atoms with Crippen LogP contribution in [0.5, 0.6) is 11.5 Å². The SMILES string of the molecule is Cc1ccc(N/C=C(/C#N)C(=O)NCc2ccc3c(c2)OCO3)c(N)c1. The summed E-state index contributed by atoms with van der Waals surface area (Å²) in [6, 6.07) is 12.8. The highest BCUT2D eigenvalue weighted by atomic mass is 16.7. The standard InChI is InChI=1S/C19H18N4O3/c1-12-2-4-16(15(21)6-12)22-10-14(8-20)19(24)23-9-13-3-5-17-18(7-13)26-11-25-17/h2-7,10,22H,9,11,21H2,1H3,(H,23,24)/b14-10-. The van der Waals surface area contributed by atoms with E-state index in [4.69, 9.17) is 15.2 Å². The van der Waals surface area contributed by atoms with Crippen molar-refractivity contribution in [1.29, 1.82) is 5.26 Å². The molecule has 1 aliphatic rings. The number of ether oxygens (including phenoxy) is 2. The van der Waals surface area contributed by atoms with E-state index in [0.29, 0.717) is 22.9 Å². The zero-order valence-corrected chi connectivity index (χ0v) is 14.2. The average Bonchev–Trinajstić information content (AvgIpc) is 3.09. The van der Waals surface area contributed by atoms with Crippen molar-refractivity contribution in [2.24, 2.45) is 0 Å². The number of benzene rings is 2. The summed E-state index contributed by atoms with van der Waals surface area (Å²) < 4.78 is 10.5. The first-order chi connectivity index (χ1) is 12.6. The second-order valence-corrected chi connectivity index (χ2v) is 5.78. The Labute approximate surface area is 151 Å². The minimum atomic E-state index is -0.483. The van der Waals surface area contributed by atoms with Crippen LogP contribution in [0.4, 0.5) is 11.4 Å². The van der Waals surface area contributed by atoms with Crippen molar-refractivity contribution in [3.63, 3.8) is 0 Å². The van der Waals surface area contributed by atoms with E-state index in [9.17, 15) is 10.1 Å². The van der Waals surface area contributed by atoms with Crippen LogP contribution in [-0.4, -0.2) is 12.7 Å². The molecule has 0 spiro atoms. The highest BCUT2D eigenvalue weighted by Crippen LogP contribution is 2.32. The van der Waals surface area contributed by atoms with Crippen LogP contribution in [0.1, 0.15) is 11.1 Å². The van der Waals surface area contributed by atoms with Gasteiger partial charge in [0.05, 0.1) is 11.4 Å². The molecule has 0 aromatic heterocycles. The lowest BCUT2D eigenvalue weighted by Crippen LogP contribution is -2.24. The van der Waals surface area contributed by atoms with Gasteiger partial charge in [-0.05, 0) is 42.3 Å². The zero-order valence-electron chi connectivity index (χ0n) is 14.2. The summed E-state index contributed by atoms with van der Waals surface area (Å²) in [5.74, 6) is 0.838. The van der Waals surface area contributed by atoms with Crippen molar-refractivity contribution in [3.05, 3.63) is 59.3 Å². The summed E-state index contributed by atoms with van der Waals surface area (Å²) in [5.41, 5.74) is 8.90. The fourth-order valence-electron chi connectivity index (χ4n) is 2.44. The van der Waals surface area contributed by atoms with E-state index in [2.05, 4.69) is 10.6 Å². The Bertz CT molecular complexity index is 915. The quantitative estimate of drug-likeness (QED) is 0.434. The van der Waals surface area contributed by atoms with Crippen molar-refractivity contribution in [2.75, 3.05) is 17.8 Å². The van der Waals surface area contributed by atoms with E-state index < -0.39 is 5.91 Å². The number of amides is 1. The monoisotopic (exact) mass is 350 g/mol. The van der Waals surface area contributed by atoms with Gasteiger partial charge < -0.3 is 25.8 Å². The number of nitrogens with two attached hydrogens (primary N) is 1. The Balaban J connectivity index is 1.62. The lowest BCUT2D eigenvalue weighted by Gasteiger charge is -2.08. The summed E-state index contributed by atoms with van der Waals surface area (Å²) in [6.45, 7) is 2.39. The number of rotatable bonds is 5.